The summed E-state index contributed by atoms with van der Waals surface area (Å²) in [5, 5.41) is 50.5. The van der Waals surface area contributed by atoms with E-state index in [4.69, 9.17) is 4.74 Å². The first-order chi connectivity index (χ1) is 25.4. The van der Waals surface area contributed by atoms with Gasteiger partial charge in [-0.05, 0) is 12.8 Å². The van der Waals surface area contributed by atoms with E-state index in [1.807, 2.05) is 13.8 Å². The molecule has 14 nitrogen and oxygen atoms in total. The van der Waals surface area contributed by atoms with Crippen LogP contribution in [-0.4, -0.2) is 79.9 Å². The molecule has 3 heterocycles. The number of ether oxygens (including phenoxy) is 1. The molecule has 1 saturated heterocycles. The normalized spacial score (nSPS) is 23.2. The molecule has 14 heteroatoms. The van der Waals surface area contributed by atoms with E-state index in [1.54, 1.807) is 18.2 Å². The van der Waals surface area contributed by atoms with Crippen molar-refractivity contribution in [3.05, 3.63) is 135 Å². The van der Waals surface area contributed by atoms with E-state index >= 15 is 0 Å². The van der Waals surface area contributed by atoms with Gasteiger partial charge in [-0.1, -0.05) is 118 Å². The molecule has 276 valence electrons. The average Bonchev–Trinajstić information content (AvgIpc) is 3.72. The van der Waals surface area contributed by atoms with Crippen LogP contribution in [0.2, 0.25) is 0 Å². The van der Waals surface area contributed by atoms with Crippen LogP contribution in [-0.2, 0) is 23.7 Å². The number of aryl methyl sites for hydroxylation is 1. The second-order valence-electron chi connectivity index (χ2n) is 13.1. The number of rotatable bonds is 14. The van der Waals surface area contributed by atoms with Crippen molar-refractivity contribution in [1.29, 1.82) is 0 Å². The average molecular weight is 725 g/mol. The highest BCUT2D eigenvalue weighted by atomic mass is 16.7. The van der Waals surface area contributed by atoms with Gasteiger partial charge < -0.3 is 25.2 Å². The number of benzene rings is 3. The van der Waals surface area contributed by atoms with Crippen LogP contribution in [0.1, 0.15) is 70.6 Å². The molecule has 0 amide bonds. The van der Waals surface area contributed by atoms with Crippen molar-refractivity contribution in [3.63, 3.8) is 0 Å². The van der Waals surface area contributed by atoms with Gasteiger partial charge in [0, 0.05) is 29.8 Å². The van der Waals surface area contributed by atoms with Gasteiger partial charge in [-0.2, -0.15) is 0 Å². The molecule has 1 aliphatic rings. The number of unbranched alkanes of at least 4 members (excludes halogenated alkanes) is 2. The SMILES string of the molecule is CCCCn1c(=O)c2c(ncn2[C@@]2(O)O[C@H](C(O)C(=O)c3ccccc3)[C@](O)(C(=O)c3ccccc3)[C@@]2(O)C(=O)c2ccccc2)n(CCCC)c1=O. The molecule has 4 N–H and O–H groups in total. The maximum Gasteiger partial charge on any atom is 0.332 e. The van der Waals surface area contributed by atoms with Crippen molar-refractivity contribution in [2.24, 2.45) is 0 Å². The zero-order valence-corrected chi connectivity index (χ0v) is 29.2. The van der Waals surface area contributed by atoms with E-state index in [0.717, 1.165) is 10.9 Å². The lowest BCUT2D eigenvalue weighted by Gasteiger charge is -2.41. The number of carbonyl (C=O) groups is 3. The standard InChI is InChI=1S/C39H40N4O10/c1-3-5-22-41-34-28(35(48)42(36(41)49)23-6-4-2)43(24-40-34)39(52)38(51,32(47)27-20-14-9-15-21-27)37(50,31(46)26-18-12-8-13-19-26)33(53-39)30(45)29(44)25-16-10-7-11-17-25/h7-21,24,30,33,45,50-52H,3-6,22-23H2,1-2H3/t30?,33-,37-,38+,39+/m1/s1. The highest BCUT2D eigenvalue weighted by Gasteiger charge is 2.82. The molecular formula is C39H40N4O10. The summed E-state index contributed by atoms with van der Waals surface area (Å²) in [6.45, 7) is 3.83. The Labute approximate surface area is 303 Å². The zero-order chi connectivity index (χ0) is 38.1. The van der Waals surface area contributed by atoms with Crippen molar-refractivity contribution in [3.8, 4) is 0 Å². The lowest BCUT2D eigenvalue weighted by Crippen LogP contribution is -2.72. The Bertz CT molecular complexity index is 2270. The number of hydrogen-bond donors (Lipinski definition) is 4. The molecule has 1 unspecified atom stereocenters. The number of ketones is 3. The topological polar surface area (TPSA) is 203 Å². The van der Waals surface area contributed by atoms with Gasteiger partial charge >= 0.3 is 5.69 Å². The molecular weight excluding hydrogens is 684 g/mol. The van der Waals surface area contributed by atoms with Crippen molar-refractivity contribution < 1.29 is 39.5 Å². The van der Waals surface area contributed by atoms with E-state index in [1.165, 1.54) is 77.4 Å². The number of aromatic nitrogens is 4. The Hall–Kier alpha value is -5.38. The summed E-state index contributed by atoms with van der Waals surface area (Å²) in [7, 11) is 0. The fourth-order valence-corrected chi connectivity index (χ4v) is 6.91. The van der Waals surface area contributed by atoms with Gasteiger partial charge in [0.25, 0.3) is 11.5 Å². The first-order valence-electron chi connectivity index (χ1n) is 17.4. The molecule has 3 aromatic carbocycles. The van der Waals surface area contributed by atoms with Gasteiger partial charge in [0.1, 0.15) is 18.5 Å². The van der Waals surface area contributed by atoms with Gasteiger partial charge in [-0.25, -0.2) is 9.78 Å². The summed E-state index contributed by atoms with van der Waals surface area (Å²) in [6, 6.07) is 21.2. The maximum atomic E-state index is 14.8. The van der Waals surface area contributed by atoms with Crippen LogP contribution in [0.5, 0.6) is 0 Å². The highest BCUT2D eigenvalue weighted by Crippen LogP contribution is 2.53. The fraction of sp³-hybridized carbons (Fsp3) is 0.333. The zero-order valence-electron chi connectivity index (χ0n) is 29.2. The summed E-state index contributed by atoms with van der Waals surface area (Å²) >= 11 is 0. The van der Waals surface area contributed by atoms with Gasteiger partial charge in [-0.3, -0.25) is 32.9 Å². The van der Waals surface area contributed by atoms with Crippen LogP contribution in [0.4, 0.5) is 0 Å². The van der Waals surface area contributed by atoms with Crippen molar-refractivity contribution in [2.75, 3.05) is 0 Å². The number of nitrogens with zero attached hydrogens (tertiary/aromatic N) is 4. The molecule has 53 heavy (non-hydrogen) atoms. The van der Waals surface area contributed by atoms with E-state index in [0.29, 0.717) is 30.3 Å². The van der Waals surface area contributed by atoms with E-state index in [2.05, 4.69) is 4.98 Å². The largest absolute Gasteiger partial charge is 0.382 e. The van der Waals surface area contributed by atoms with E-state index in [9.17, 15) is 44.4 Å². The Morgan fingerprint density at radius 1 is 0.755 bits per heavy atom. The van der Waals surface area contributed by atoms with Crippen LogP contribution in [0.15, 0.2) is 107 Å². The molecule has 5 aromatic rings. The Kier molecular flexibility index (Phi) is 10.3. The molecule has 1 aliphatic heterocycles. The van der Waals surface area contributed by atoms with Crippen molar-refractivity contribution >= 4 is 28.5 Å². The minimum atomic E-state index is -3.81. The molecule has 2 aromatic heterocycles. The number of carbonyl (C=O) groups excluding carboxylic acids is 3. The number of fused-ring (bicyclic) bond motifs is 1. The third-order valence-corrected chi connectivity index (χ3v) is 9.80. The Morgan fingerprint density at radius 2 is 1.25 bits per heavy atom. The van der Waals surface area contributed by atoms with Crippen LogP contribution in [0.3, 0.4) is 0 Å². The molecule has 1 fully saturated rings. The lowest BCUT2D eigenvalue weighted by atomic mass is 9.68. The summed E-state index contributed by atoms with van der Waals surface area (Å²) in [5.74, 6) is -7.57. The molecule has 0 radical (unpaired) electrons. The minimum absolute atomic E-state index is 0.0305. The monoisotopic (exact) mass is 724 g/mol. The highest BCUT2D eigenvalue weighted by molar-refractivity contribution is 6.14. The maximum absolute atomic E-state index is 14.8. The molecule has 5 atom stereocenters. The smallest absolute Gasteiger partial charge is 0.332 e. The Morgan fingerprint density at radius 3 is 1.77 bits per heavy atom. The van der Waals surface area contributed by atoms with Crippen LogP contribution in [0.25, 0.3) is 11.2 Å². The molecule has 0 bridgehead atoms. The summed E-state index contributed by atoms with van der Waals surface area (Å²) in [5.41, 5.74) is -10.5. The van der Waals surface area contributed by atoms with E-state index in [-0.39, 0.29) is 35.4 Å². The summed E-state index contributed by atoms with van der Waals surface area (Å²) in [6.07, 6.45) is -2.02. The van der Waals surface area contributed by atoms with Crippen molar-refractivity contribution in [2.45, 2.75) is 81.9 Å². The van der Waals surface area contributed by atoms with Gasteiger partial charge in [0.2, 0.25) is 22.8 Å². The quantitative estimate of drug-likeness (QED) is 0.123. The van der Waals surface area contributed by atoms with Gasteiger partial charge in [0.05, 0.1) is 0 Å². The van der Waals surface area contributed by atoms with Crippen LogP contribution >= 0.6 is 0 Å². The number of Topliss-reactive ketones (excluding diaryl/α,β-unsaturated/α-hetero) is 3. The number of aliphatic hydroxyl groups excluding tert-OH is 1. The van der Waals surface area contributed by atoms with Crippen LogP contribution < -0.4 is 11.2 Å². The van der Waals surface area contributed by atoms with Crippen molar-refractivity contribution in [1.82, 2.24) is 18.7 Å². The third-order valence-electron chi connectivity index (χ3n) is 9.80. The number of aliphatic hydroxyl groups is 4. The summed E-state index contributed by atoms with van der Waals surface area (Å²) < 4.78 is 8.71. The Balaban J connectivity index is 1.70. The minimum Gasteiger partial charge on any atom is -0.382 e. The predicted molar refractivity (Wildman–Crippen MR) is 191 cm³/mol. The predicted octanol–water partition coefficient (Wildman–Crippen LogP) is 2.43. The lowest BCUT2D eigenvalue weighted by molar-refractivity contribution is -0.309. The first-order valence-corrected chi connectivity index (χ1v) is 17.4. The number of imidazole rings is 1. The second kappa shape index (κ2) is 14.6. The third kappa shape index (κ3) is 5.79. The first kappa shape index (κ1) is 37.4. The van der Waals surface area contributed by atoms with Gasteiger partial charge in [0.15, 0.2) is 16.9 Å². The van der Waals surface area contributed by atoms with E-state index < -0.39 is 63.4 Å². The van der Waals surface area contributed by atoms with Crippen LogP contribution in [0, 0.1) is 0 Å². The summed E-state index contributed by atoms with van der Waals surface area (Å²) in [4.78, 5) is 75.5. The second-order valence-corrected chi connectivity index (χ2v) is 13.1. The number of hydrogen-bond acceptors (Lipinski definition) is 11. The van der Waals surface area contributed by atoms with Gasteiger partial charge in [-0.15, -0.1) is 0 Å². The fourth-order valence-electron chi connectivity index (χ4n) is 6.91. The molecule has 0 aliphatic carbocycles. The molecule has 0 saturated carbocycles. The molecule has 6 rings (SSSR count). The molecule has 0 spiro atoms.